The number of carbonyl (C=O) groups excluding carboxylic acids is 1. The van der Waals surface area contributed by atoms with E-state index in [1.54, 1.807) is 18.2 Å². The lowest BCUT2D eigenvalue weighted by Gasteiger charge is -1.90. The first-order valence-corrected chi connectivity index (χ1v) is 4.14. The van der Waals surface area contributed by atoms with Gasteiger partial charge in [0.1, 0.15) is 0 Å². The lowest BCUT2D eigenvalue weighted by atomic mass is 10.5. The molecule has 0 aliphatic rings. The molecule has 1 aromatic rings. The van der Waals surface area contributed by atoms with Crippen molar-refractivity contribution in [2.24, 2.45) is 0 Å². The van der Waals surface area contributed by atoms with Crippen molar-refractivity contribution < 1.29 is 9.21 Å². The van der Waals surface area contributed by atoms with E-state index in [1.165, 1.54) is 18.0 Å². The molecule has 58 valence electrons. The van der Waals surface area contributed by atoms with E-state index in [0.717, 1.165) is 0 Å². The highest BCUT2D eigenvalue weighted by Crippen LogP contribution is 2.12. The Hall–Kier alpha value is -0.960. The van der Waals surface area contributed by atoms with Crippen molar-refractivity contribution in [3.8, 4) is 0 Å². The normalized spacial score (nSPS) is 9.45. The van der Waals surface area contributed by atoms with Gasteiger partial charge in [0.2, 0.25) is 0 Å². The van der Waals surface area contributed by atoms with Crippen LogP contribution < -0.4 is 0 Å². The van der Waals surface area contributed by atoms with E-state index in [2.05, 4.69) is 6.58 Å². The molecule has 2 nitrogen and oxygen atoms in total. The van der Waals surface area contributed by atoms with Gasteiger partial charge in [-0.1, -0.05) is 17.8 Å². The zero-order valence-corrected chi connectivity index (χ0v) is 6.76. The third-order valence-corrected chi connectivity index (χ3v) is 1.92. The average Bonchev–Trinajstić information content (AvgIpc) is 2.52. The molecule has 0 saturated heterocycles. The van der Waals surface area contributed by atoms with E-state index < -0.39 is 0 Å². The largest absolute Gasteiger partial charge is 0.460 e. The molecule has 11 heavy (non-hydrogen) atoms. The van der Waals surface area contributed by atoms with Crippen molar-refractivity contribution in [1.82, 2.24) is 0 Å². The van der Waals surface area contributed by atoms with E-state index >= 15 is 0 Å². The molecular formula is C8H8O2S. The van der Waals surface area contributed by atoms with Crippen LogP contribution in [0.4, 0.5) is 0 Å². The number of furan rings is 1. The number of hydrogen-bond acceptors (Lipinski definition) is 3. The average molecular weight is 168 g/mol. The molecule has 0 aliphatic carbocycles. The quantitative estimate of drug-likeness (QED) is 0.649. The Balaban J connectivity index is 2.49. The fourth-order valence-corrected chi connectivity index (χ4v) is 1.13. The van der Waals surface area contributed by atoms with Gasteiger partial charge in [0.25, 0.3) is 5.12 Å². The highest BCUT2D eigenvalue weighted by Gasteiger charge is 2.06. The maximum absolute atomic E-state index is 11.1. The number of thioether (sulfide) groups is 1. The van der Waals surface area contributed by atoms with Crippen molar-refractivity contribution >= 4 is 16.9 Å². The van der Waals surface area contributed by atoms with Crippen LogP contribution in [0.1, 0.15) is 10.6 Å². The topological polar surface area (TPSA) is 30.2 Å². The second kappa shape index (κ2) is 4.03. The summed E-state index contributed by atoms with van der Waals surface area (Å²) < 4.78 is 4.89. The predicted molar refractivity (Wildman–Crippen MR) is 45.7 cm³/mol. The third kappa shape index (κ3) is 2.27. The molecule has 0 atom stereocenters. The minimum Gasteiger partial charge on any atom is -0.460 e. The summed E-state index contributed by atoms with van der Waals surface area (Å²) in [7, 11) is 0. The van der Waals surface area contributed by atoms with Crippen molar-refractivity contribution in [3.05, 3.63) is 36.8 Å². The molecule has 1 aromatic heterocycles. The number of carbonyl (C=O) groups is 1. The van der Waals surface area contributed by atoms with Crippen molar-refractivity contribution in [1.29, 1.82) is 0 Å². The summed E-state index contributed by atoms with van der Waals surface area (Å²) in [5.41, 5.74) is 0. The minimum atomic E-state index is -0.0464. The van der Waals surface area contributed by atoms with Crippen LogP contribution in [-0.2, 0) is 0 Å². The molecule has 0 aliphatic heterocycles. The molecule has 0 saturated carbocycles. The van der Waals surface area contributed by atoms with E-state index in [0.29, 0.717) is 11.5 Å². The zero-order chi connectivity index (χ0) is 8.10. The predicted octanol–water partition coefficient (Wildman–Crippen LogP) is 2.34. The van der Waals surface area contributed by atoms with Gasteiger partial charge in [-0.3, -0.25) is 4.79 Å². The number of rotatable bonds is 3. The Morgan fingerprint density at radius 1 is 1.82 bits per heavy atom. The minimum absolute atomic E-state index is 0.0464. The molecule has 1 rings (SSSR count). The lowest BCUT2D eigenvalue weighted by Crippen LogP contribution is -1.90. The molecule has 3 heteroatoms. The highest BCUT2D eigenvalue weighted by molar-refractivity contribution is 8.14. The summed E-state index contributed by atoms with van der Waals surface area (Å²) in [5.74, 6) is 1.02. The maximum atomic E-state index is 11.1. The lowest BCUT2D eigenvalue weighted by molar-refractivity contribution is 0.106. The van der Waals surface area contributed by atoms with Crippen molar-refractivity contribution in [3.63, 3.8) is 0 Å². The van der Waals surface area contributed by atoms with Gasteiger partial charge in [0, 0.05) is 5.75 Å². The maximum Gasteiger partial charge on any atom is 0.254 e. The summed E-state index contributed by atoms with van der Waals surface area (Å²) in [6.45, 7) is 3.51. The summed E-state index contributed by atoms with van der Waals surface area (Å²) in [6.07, 6.45) is 3.17. The molecule has 0 fully saturated rings. The van der Waals surface area contributed by atoms with Crippen LogP contribution in [0.3, 0.4) is 0 Å². The highest BCUT2D eigenvalue weighted by atomic mass is 32.2. The van der Waals surface area contributed by atoms with E-state index in [4.69, 9.17) is 4.42 Å². The van der Waals surface area contributed by atoms with Crippen LogP contribution in [0.15, 0.2) is 35.5 Å². The Morgan fingerprint density at radius 3 is 3.18 bits per heavy atom. The summed E-state index contributed by atoms with van der Waals surface area (Å²) in [6, 6.07) is 3.35. The van der Waals surface area contributed by atoms with Gasteiger partial charge in [-0.05, 0) is 12.1 Å². The Morgan fingerprint density at radius 2 is 2.64 bits per heavy atom. The van der Waals surface area contributed by atoms with Crippen LogP contribution in [0.25, 0.3) is 0 Å². The standard InChI is InChI=1S/C8H8O2S/c1-2-6-11-8(9)7-4-3-5-10-7/h2-5H,1,6H2. The van der Waals surface area contributed by atoms with Gasteiger partial charge < -0.3 is 4.42 Å². The van der Waals surface area contributed by atoms with E-state index in [1.807, 2.05) is 0 Å². The summed E-state index contributed by atoms with van der Waals surface area (Å²) in [5, 5.41) is -0.0464. The number of hydrogen-bond donors (Lipinski definition) is 0. The molecule has 0 unspecified atom stereocenters. The van der Waals surface area contributed by atoms with Crippen molar-refractivity contribution in [2.75, 3.05) is 5.75 Å². The summed E-state index contributed by atoms with van der Waals surface area (Å²) >= 11 is 1.18. The second-order valence-corrected chi connectivity index (χ2v) is 2.86. The van der Waals surface area contributed by atoms with Crippen LogP contribution >= 0.6 is 11.8 Å². The van der Waals surface area contributed by atoms with Gasteiger partial charge in [-0.25, -0.2) is 0 Å². The van der Waals surface area contributed by atoms with E-state index in [-0.39, 0.29) is 5.12 Å². The SMILES string of the molecule is C=CCSC(=O)c1ccco1. The van der Waals surface area contributed by atoms with Gasteiger partial charge in [-0.15, -0.1) is 6.58 Å². The molecule has 0 radical (unpaired) electrons. The first-order valence-electron chi connectivity index (χ1n) is 3.16. The Bertz CT molecular complexity index is 239. The van der Waals surface area contributed by atoms with E-state index in [9.17, 15) is 4.79 Å². The second-order valence-electron chi connectivity index (χ2n) is 1.86. The molecular weight excluding hydrogens is 160 g/mol. The van der Waals surface area contributed by atoms with Gasteiger partial charge >= 0.3 is 0 Å². The van der Waals surface area contributed by atoms with Crippen LogP contribution in [0, 0.1) is 0 Å². The monoisotopic (exact) mass is 168 g/mol. The van der Waals surface area contributed by atoms with Crippen LogP contribution in [-0.4, -0.2) is 10.9 Å². The molecule has 0 amide bonds. The molecule has 0 bridgehead atoms. The van der Waals surface area contributed by atoms with Crippen molar-refractivity contribution in [2.45, 2.75) is 0 Å². The molecule has 0 spiro atoms. The van der Waals surface area contributed by atoms with Crippen LogP contribution in [0.2, 0.25) is 0 Å². The fraction of sp³-hybridized carbons (Fsp3) is 0.125. The third-order valence-electron chi connectivity index (χ3n) is 1.05. The molecule has 1 heterocycles. The zero-order valence-electron chi connectivity index (χ0n) is 5.95. The van der Waals surface area contributed by atoms with Gasteiger partial charge in [0.05, 0.1) is 6.26 Å². The molecule has 0 aromatic carbocycles. The summed E-state index contributed by atoms with van der Waals surface area (Å²) in [4.78, 5) is 11.1. The Kier molecular flexibility index (Phi) is 2.98. The van der Waals surface area contributed by atoms with Gasteiger partial charge in [-0.2, -0.15) is 0 Å². The van der Waals surface area contributed by atoms with Gasteiger partial charge in [0.15, 0.2) is 5.76 Å². The Labute approximate surface area is 69.3 Å². The molecule has 0 N–H and O–H groups in total. The fourth-order valence-electron chi connectivity index (χ4n) is 0.600. The first-order chi connectivity index (χ1) is 5.34. The first kappa shape index (κ1) is 8.14. The smallest absolute Gasteiger partial charge is 0.254 e. The van der Waals surface area contributed by atoms with Crippen LogP contribution in [0.5, 0.6) is 0 Å².